The van der Waals surface area contributed by atoms with Crippen LogP contribution in [0.25, 0.3) is 0 Å². The van der Waals surface area contributed by atoms with Crippen LogP contribution in [0.1, 0.15) is 41.6 Å². The predicted octanol–water partition coefficient (Wildman–Crippen LogP) is 5.18. The molecule has 0 saturated heterocycles. The summed E-state index contributed by atoms with van der Waals surface area (Å²) >= 11 is 6.11. The first-order chi connectivity index (χ1) is 10.0. The van der Waals surface area contributed by atoms with Gasteiger partial charge in [-0.05, 0) is 67.3 Å². The van der Waals surface area contributed by atoms with E-state index in [2.05, 4.69) is 18.3 Å². The van der Waals surface area contributed by atoms with Gasteiger partial charge in [-0.25, -0.2) is 4.39 Å². The van der Waals surface area contributed by atoms with E-state index >= 15 is 0 Å². The Morgan fingerprint density at radius 2 is 1.86 bits per heavy atom. The van der Waals surface area contributed by atoms with Crippen LogP contribution in [0.15, 0.2) is 36.4 Å². The molecule has 0 aliphatic heterocycles. The van der Waals surface area contributed by atoms with E-state index in [4.69, 9.17) is 11.6 Å². The van der Waals surface area contributed by atoms with Gasteiger partial charge >= 0.3 is 0 Å². The lowest BCUT2D eigenvalue weighted by atomic mass is 9.94. The first-order valence-electron chi connectivity index (χ1n) is 7.28. The molecule has 0 heterocycles. The van der Waals surface area contributed by atoms with Crippen LogP contribution in [0.5, 0.6) is 0 Å². The summed E-state index contributed by atoms with van der Waals surface area (Å²) in [5.41, 5.74) is 4.20. The van der Waals surface area contributed by atoms with Crippen LogP contribution in [-0.2, 0) is 0 Å². The summed E-state index contributed by atoms with van der Waals surface area (Å²) in [6.45, 7) is 7.00. The standard InChI is InChI=1S/C18H21ClFN/c1-4-9-21-18(14-6-8-17(19)13(3)10-14)16-11-15(20)7-5-12(16)2/h5-8,10-11,18,21H,4,9H2,1-3H3. The van der Waals surface area contributed by atoms with Crippen molar-refractivity contribution in [1.82, 2.24) is 5.32 Å². The Balaban J connectivity index is 2.46. The zero-order valence-corrected chi connectivity index (χ0v) is 13.5. The minimum absolute atomic E-state index is 0.0170. The third-order valence-electron chi connectivity index (χ3n) is 3.67. The second-order valence-electron chi connectivity index (χ2n) is 5.40. The predicted molar refractivity (Wildman–Crippen MR) is 87.5 cm³/mol. The van der Waals surface area contributed by atoms with E-state index in [9.17, 15) is 4.39 Å². The lowest BCUT2D eigenvalue weighted by molar-refractivity contribution is 0.583. The topological polar surface area (TPSA) is 12.0 Å². The molecule has 1 nitrogen and oxygen atoms in total. The van der Waals surface area contributed by atoms with Gasteiger partial charge in [0.25, 0.3) is 0 Å². The van der Waals surface area contributed by atoms with Crippen LogP contribution in [0.2, 0.25) is 5.02 Å². The molecule has 112 valence electrons. The number of rotatable bonds is 5. The van der Waals surface area contributed by atoms with Crippen molar-refractivity contribution < 1.29 is 4.39 Å². The second kappa shape index (κ2) is 7.06. The Morgan fingerprint density at radius 1 is 1.10 bits per heavy atom. The molecule has 2 aromatic rings. The van der Waals surface area contributed by atoms with Crippen LogP contribution in [-0.4, -0.2) is 6.54 Å². The number of benzene rings is 2. The maximum absolute atomic E-state index is 13.6. The summed E-state index contributed by atoms with van der Waals surface area (Å²) in [5.74, 6) is -0.204. The number of aryl methyl sites for hydroxylation is 2. The molecule has 0 aromatic heterocycles. The van der Waals surface area contributed by atoms with E-state index in [1.165, 1.54) is 6.07 Å². The number of hydrogen-bond donors (Lipinski definition) is 1. The van der Waals surface area contributed by atoms with E-state index < -0.39 is 0 Å². The highest BCUT2D eigenvalue weighted by molar-refractivity contribution is 6.31. The van der Waals surface area contributed by atoms with E-state index in [0.717, 1.165) is 40.2 Å². The van der Waals surface area contributed by atoms with Gasteiger partial charge in [-0.1, -0.05) is 36.7 Å². The van der Waals surface area contributed by atoms with Crippen molar-refractivity contribution in [1.29, 1.82) is 0 Å². The molecule has 3 heteroatoms. The summed E-state index contributed by atoms with van der Waals surface area (Å²) in [6, 6.07) is 10.9. The van der Waals surface area contributed by atoms with Crippen LogP contribution in [0.3, 0.4) is 0 Å². The largest absolute Gasteiger partial charge is 0.306 e. The minimum atomic E-state index is -0.204. The van der Waals surface area contributed by atoms with Gasteiger partial charge in [-0.15, -0.1) is 0 Å². The van der Waals surface area contributed by atoms with Gasteiger partial charge in [0.2, 0.25) is 0 Å². The van der Waals surface area contributed by atoms with Crippen molar-refractivity contribution in [3.63, 3.8) is 0 Å². The molecule has 0 radical (unpaired) electrons. The maximum Gasteiger partial charge on any atom is 0.123 e. The number of hydrogen-bond acceptors (Lipinski definition) is 1. The molecule has 0 fully saturated rings. The fourth-order valence-corrected chi connectivity index (χ4v) is 2.58. The smallest absolute Gasteiger partial charge is 0.123 e. The Labute approximate surface area is 131 Å². The monoisotopic (exact) mass is 305 g/mol. The van der Waals surface area contributed by atoms with Gasteiger partial charge < -0.3 is 5.32 Å². The molecular weight excluding hydrogens is 285 g/mol. The molecule has 0 aliphatic carbocycles. The summed E-state index contributed by atoms with van der Waals surface area (Å²) in [6.07, 6.45) is 1.03. The molecule has 0 bridgehead atoms. The van der Waals surface area contributed by atoms with Crippen LogP contribution in [0, 0.1) is 19.7 Å². The zero-order valence-electron chi connectivity index (χ0n) is 12.7. The summed E-state index contributed by atoms with van der Waals surface area (Å²) in [5, 5.41) is 4.26. The molecule has 0 aliphatic rings. The zero-order chi connectivity index (χ0) is 15.4. The molecule has 0 saturated carbocycles. The van der Waals surface area contributed by atoms with Gasteiger partial charge in [0.05, 0.1) is 6.04 Å². The third-order valence-corrected chi connectivity index (χ3v) is 4.09. The van der Waals surface area contributed by atoms with E-state index in [1.807, 2.05) is 32.0 Å². The first-order valence-corrected chi connectivity index (χ1v) is 7.66. The normalized spacial score (nSPS) is 12.4. The van der Waals surface area contributed by atoms with E-state index in [0.29, 0.717) is 0 Å². The molecule has 0 amide bonds. The number of nitrogens with one attached hydrogen (secondary N) is 1. The van der Waals surface area contributed by atoms with Gasteiger partial charge in [-0.3, -0.25) is 0 Å². The Morgan fingerprint density at radius 3 is 2.52 bits per heavy atom. The second-order valence-corrected chi connectivity index (χ2v) is 5.80. The summed E-state index contributed by atoms with van der Waals surface area (Å²) in [4.78, 5) is 0. The molecule has 1 N–H and O–H groups in total. The lowest BCUT2D eigenvalue weighted by Crippen LogP contribution is -2.24. The molecule has 1 atom stereocenters. The minimum Gasteiger partial charge on any atom is -0.306 e. The molecular formula is C18H21ClFN. The SMILES string of the molecule is CCCNC(c1ccc(Cl)c(C)c1)c1cc(F)ccc1C. The van der Waals surface area contributed by atoms with Crippen molar-refractivity contribution in [2.24, 2.45) is 0 Å². The van der Waals surface area contributed by atoms with Crippen molar-refractivity contribution >= 4 is 11.6 Å². The quantitative estimate of drug-likeness (QED) is 0.802. The van der Waals surface area contributed by atoms with E-state index in [-0.39, 0.29) is 11.9 Å². The molecule has 2 rings (SSSR count). The molecule has 0 spiro atoms. The van der Waals surface area contributed by atoms with Crippen molar-refractivity contribution in [3.8, 4) is 0 Å². The van der Waals surface area contributed by atoms with Crippen molar-refractivity contribution in [2.75, 3.05) is 6.54 Å². The van der Waals surface area contributed by atoms with E-state index in [1.54, 1.807) is 6.07 Å². The van der Waals surface area contributed by atoms with Crippen molar-refractivity contribution in [2.45, 2.75) is 33.2 Å². The van der Waals surface area contributed by atoms with Gasteiger partial charge in [-0.2, -0.15) is 0 Å². The van der Waals surface area contributed by atoms with Crippen LogP contribution in [0.4, 0.5) is 4.39 Å². The maximum atomic E-state index is 13.6. The van der Waals surface area contributed by atoms with Gasteiger partial charge in [0, 0.05) is 5.02 Å². The lowest BCUT2D eigenvalue weighted by Gasteiger charge is -2.22. The van der Waals surface area contributed by atoms with Gasteiger partial charge in [0.1, 0.15) is 5.82 Å². The third kappa shape index (κ3) is 3.84. The summed E-state index contributed by atoms with van der Waals surface area (Å²) < 4.78 is 13.6. The van der Waals surface area contributed by atoms with Gasteiger partial charge in [0.15, 0.2) is 0 Å². The van der Waals surface area contributed by atoms with Crippen molar-refractivity contribution in [3.05, 3.63) is 69.5 Å². The highest BCUT2D eigenvalue weighted by Crippen LogP contribution is 2.28. The highest BCUT2D eigenvalue weighted by Gasteiger charge is 2.17. The highest BCUT2D eigenvalue weighted by atomic mass is 35.5. The Kier molecular flexibility index (Phi) is 5.38. The Hall–Kier alpha value is -1.38. The summed E-state index contributed by atoms with van der Waals surface area (Å²) in [7, 11) is 0. The molecule has 2 aromatic carbocycles. The fraction of sp³-hybridized carbons (Fsp3) is 0.333. The van der Waals surface area contributed by atoms with Crippen LogP contribution < -0.4 is 5.32 Å². The molecule has 21 heavy (non-hydrogen) atoms. The first kappa shape index (κ1) is 16.0. The van der Waals surface area contributed by atoms with Crippen LogP contribution >= 0.6 is 11.6 Å². The number of halogens is 2. The molecule has 1 unspecified atom stereocenters. The average Bonchev–Trinajstić information content (AvgIpc) is 2.46. The fourth-order valence-electron chi connectivity index (χ4n) is 2.47. The average molecular weight is 306 g/mol. The Bertz CT molecular complexity index is 625.